The fourth-order valence-corrected chi connectivity index (χ4v) is 2.69. The minimum atomic E-state index is 0.497. The molecule has 0 unspecified atom stereocenters. The number of hydrogen-bond acceptors (Lipinski definition) is 4. The first-order chi connectivity index (χ1) is 10.1. The molecule has 3 rings (SSSR count). The van der Waals surface area contributed by atoms with Crippen molar-refractivity contribution in [3.05, 3.63) is 50.9 Å². The van der Waals surface area contributed by atoms with Crippen molar-refractivity contribution in [1.29, 1.82) is 0 Å². The molecule has 0 bridgehead atoms. The van der Waals surface area contributed by atoms with E-state index in [2.05, 4.69) is 31.5 Å². The van der Waals surface area contributed by atoms with Gasteiger partial charge in [0.1, 0.15) is 0 Å². The van der Waals surface area contributed by atoms with E-state index in [4.69, 9.17) is 28.9 Å². The van der Waals surface area contributed by atoms with Crippen LogP contribution >= 0.6 is 39.1 Å². The van der Waals surface area contributed by atoms with Gasteiger partial charge in [-0.3, -0.25) is 0 Å². The number of benzene rings is 2. The molecule has 0 aliphatic rings. The molecule has 1 heterocycles. The third-order valence-electron chi connectivity index (χ3n) is 2.88. The van der Waals surface area contributed by atoms with Crippen LogP contribution in [0.15, 0.2) is 40.9 Å². The number of rotatable bonds is 2. The molecule has 0 saturated carbocycles. The molecule has 5 nitrogen and oxygen atoms in total. The van der Waals surface area contributed by atoms with Gasteiger partial charge in [-0.15, -0.1) is 5.10 Å². The number of aromatic nitrogens is 4. The normalized spacial score (nSPS) is 10.8. The average molecular weight is 385 g/mol. The molecular weight excluding hydrogens is 377 g/mol. The Hall–Kier alpha value is -1.63. The molecular formula is C13H8BrCl2N5. The first-order valence-electron chi connectivity index (χ1n) is 5.86. The van der Waals surface area contributed by atoms with Gasteiger partial charge in [-0.2, -0.15) is 4.68 Å². The summed E-state index contributed by atoms with van der Waals surface area (Å²) in [6.45, 7) is 0. The second-order valence-electron chi connectivity index (χ2n) is 4.22. The van der Waals surface area contributed by atoms with Crippen LogP contribution in [0.3, 0.4) is 0 Å². The lowest BCUT2D eigenvalue weighted by Gasteiger charge is -2.09. The first-order valence-corrected chi connectivity index (χ1v) is 7.41. The van der Waals surface area contributed by atoms with E-state index in [1.807, 2.05) is 12.1 Å². The van der Waals surface area contributed by atoms with Crippen molar-refractivity contribution < 1.29 is 0 Å². The van der Waals surface area contributed by atoms with Gasteiger partial charge in [0, 0.05) is 16.3 Å². The molecule has 8 heteroatoms. The number of anilines is 1. The highest BCUT2D eigenvalue weighted by Gasteiger charge is 2.16. The molecule has 0 atom stereocenters. The van der Waals surface area contributed by atoms with E-state index in [9.17, 15) is 0 Å². The van der Waals surface area contributed by atoms with Crippen LogP contribution in [0.2, 0.25) is 10.0 Å². The van der Waals surface area contributed by atoms with Crippen LogP contribution in [0.25, 0.3) is 17.1 Å². The summed E-state index contributed by atoms with van der Waals surface area (Å²) in [5.74, 6) is 0.507. The van der Waals surface area contributed by atoms with Gasteiger partial charge in [0.25, 0.3) is 0 Å². The molecule has 2 N–H and O–H groups in total. The number of hydrogen-bond donors (Lipinski definition) is 1. The maximum atomic E-state index is 6.11. The van der Waals surface area contributed by atoms with Gasteiger partial charge < -0.3 is 5.73 Å². The maximum absolute atomic E-state index is 6.11. The van der Waals surface area contributed by atoms with Crippen molar-refractivity contribution in [2.24, 2.45) is 0 Å². The van der Waals surface area contributed by atoms with Gasteiger partial charge in [0.15, 0.2) is 5.82 Å². The largest absolute Gasteiger partial charge is 0.398 e. The van der Waals surface area contributed by atoms with Crippen LogP contribution in [0.5, 0.6) is 0 Å². The van der Waals surface area contributed by atoms with Crippen molar-refractivity contribution in [3.8, 4) is 17.1 Å². The fraction of sp³-hybridized carbons (Fsp3) is 0. The van der Waals surface area contributed by atoms with E-state index in [0.29, 0.717) is 31.6 Å². The Bertz CT molecular complexity index is 818. The van der Waals surface area contributed by atoms with Gasteiger partial charge in [-0.05, 0) is 56.7 Å². The summed E-state index contributed by atoms with van der Waals surface area (Å²) < 4.78 is 2.27. The summed E-state index contributed by atoms with van der Waals surface area (Å²) in [5.41, 5.74) is 7.90. The summed E-state index contributed by atoms with van der Waals surface area (Å²) in [7, 11) is 0. The Kier molecular flexibility index (Phi) is 3.84. The zero-order valence-electron chi connectivity index (χ0n) is 10.5. The predicted octanol–water partition coefficient (Wildman–Crippen LogP) is 3.98. The van der Waals surface area contributed by atoms with Gasteiger partial charge in [0.05, 0.1) is 15.2 Å². The summed E-state index contributed by atoms with van der Waals surface area (Å²) in [5, 5.41) is 12.9. The lowest BCUT2D eigenvalue weighted by molar-refractivity contribution is 0.789. The quantitative estimate of drug-likeness (QED) is 0.678. The highest BCUT2D eigenvalue weighted by Crippen LogP contribution is 2.32. The molecule has 0 amide bonds. The van der Waals surface area contributed by atoms with Gasteiger partial charge >= 0.3 is 0 Å². The smallest absolute Gasteiger partial charge is 0.189 e. The zero-order chi connectivity index (χ0) is 15.0. The topological polar surface area (TPSA) is 69.6 Å². The lowest BCUT2D eigenvalue weighted by atomic mass is 10.1. The number of halogens is 3. The summed E-state index contributed by atoms with van der Waals surface area (Å²) >= 11 is 15.5. The molecule has 0 saturated heterocycles. The second kappa shape index (κ2) is 5.63. The zero-order valence-corrected chi connectivity index (χ0v) is 13.6. The van der Waals surface area contributed by atoms with Crippen LogP contribution in [-0.4, -0.2) is 20.2 Å². The van der Waals surface area contributed by atoms with Crippen molar-refractivity contribution in [3.63, 3.8) is 0 Å². The first kappa shape index (κ1) is 14.3. The van der Waals surface area contributed by atoms with E-state index in [0.717, 1.165) is 5.69 Å². The molecule has 0 spiro atoms. The van der Waals surface area contributed by atoms with Crippen molar-refractivity contribution in [2.45, 2.75) is 0 Å². The van der Waals surface area contributed by atoms with E-state index in [1.54, 1.807) is 28.9 Å². The predicted molar refractivity (Wildman–Crippen MR) is 86.7 cm³/mol. The van der Waals surface area contributed by atoms with Crippen LogP contribution in [-0.2, 0) is 0 Å². The molecule has 2 aromatic carbocycles. The third-order valence-corrected chi connectivity index (χ3v) is 4.50. The molecule has 1 aromatic heterocycles. The van der Waals surface area contributed by atoms with Crippen molar-refractivity contribution >= 4 is 44.8 Å². The Morgan fingerprint density at radius 2 is 1.95 bits per heavy atom. The monoisotopic (exact) mass is 383 g/mol. The van der Waals surface area contributed by atoms with Crippen LogP contribution in [0, 0.1) is 0 Å². The number of nitrogens with two attached hydrogens (primary N) is 1. The number of nitrogen functional groups attached to an aromatic ring is 1. The second-order valence-corrected chi connectivity index (χ2v) is 5.86. The van der Waals surface area contributed by atoms with Crippen LogP contribution in [0.1, 0.15) is 0 Å². The SMILES string of the molecule is Nc1cc(Cl)ccc1-c1nnnn1-c1cccc(Cl)c1Br. The average Bonchev–Trinajstić information content (AvgIpc) is 2.91. The van der Waals surface area contributed by atoms with Crippen molar-refractivity contribution in [1.82, 2.24) is 20.2 Å². The van der Waals surface area contributed by atoms with Gasteiger partial charge in [-0.1, -0.05) is 29.3 Å². The Balaban J connectivity index is 2.20. The maximum Gasteiger partial charge on any atom is 0.189 e. The van der Waals surface area contributed by atoms with E-state index >= 15 is 0 Å². The van der Waals surface area contributed by atoms with Crippen LogP contribution < -0.4 is 5.73 Å². The molecule has 21 heavy (non-hydrogen) atoms. The Morgan fingerprint density at radius 1 is 1.14 bits per heavy atom. The lowest BCUT2D eigenvalue weighted by Crippen LogP contribution is -2.02. The minimum absolute atomic E-state index is 0.497. The summed E-state index contributed by atoms with van der Waals surface area (Å²) in [6, 6.07) is 10.6. The number of nitrogens with zero attached hydrogens (tertiary/aromatic N) is 4. The third kappa shape index (κ3) is 2.62. The van der Waals surface area contributed by atoms with E-state index in [1.165, 1.54) is 0 Å². The summed E-state index contributed by atoms with van der Waals surface area (Å²) in [6.07, 6.45) is 0. The molecule has 0 aliphatic heterocycles. The van der Waals surface area contributed by atoms with Crippen molar-refractivity contribution in [2.75, 3.05) is 5.73 Å². The molecule has 0 radical (unpaired) electrons. The Morgan fingerprint density at radius 3 is 2.71 bits per heavy atom. The van der Waals surface area contributed by atoms with E-state index in [-0.39, 0.29) is 0 Å². The fourth-order valence-electron chi connectivity index (χ4n) is 1.91. The molecule has 0 aliphatic carbocycles. The van der Waals surface area contributed by atoms with Gasteiger partial charge in [-0.25, -0.2) is 0 Å². The van der Waals surface area contributed by atoms with Crippen LogP contribution in [0.4, 0.5) is 5.69 Å². The highest BCUT2D eigenvalue weighted by molar-refractivity contribution is 9.10. The number of tetrazole rings is 1. The highest BCUT2D eigenvalue weighted by atomic mass is 79.9. The summed E-state index contributed by atoms with van der Waals surface area (Å²) in [4.78, 5) is 0. The van der Waals surface area contributed by atoms with E-state index < -0.39 is 0 Å². The van der Waals surface area contributed by atoms with Gasteiger partial charge in [0.2, 0.25) is 0 Å². The minimum Gasteiger partial charge on any atom is -0.398 e. The molecule has 3 aromatic rings. The standard InChI is InChI=1S/C13H8BrCl2N5/c14-12-9(16)2-1-3-11(12)21-13(18-19-20-21)8-5-4-7(15)6-10(8)17/h1-6H,17H2. The molecule has 0 fully saturated rings. The molecule has 106 valence electrons. The Labute approximate surface area is 138 Å².